The lowest BCUT2D eigenvalue weighted by Crippen LogP contribution is -1.93. The molecule has 0 unspecified atom stereocenters. The third-order valence-corrected chi connectivity index (χ3v) is 3.58. The molecule has 0 saturated carbocycles. The number of nitrogens with one attached hydrogen (secondary N) is 1. The zero-order chi connectivity index (χ0) is 16.4. The summed E-state index contributed by atoms with van der Waals surface area (Å²) in [7, 11) is 0. The van der Waals surface area contributed by atoms with E-state index >= 15 is 0 Å². The molecular weight excluding hydrogens is 292 g/mol. The van der Waals surface area contributed by atoms with E-state index in [1.165, 1.54) is 0 Å². The van der Waals surface area contributed by atoms with Gasteiger partial charge in [-0.1, -0.05) is 12.1 Å². The number of phenolic OH excluding ortho intramolecular Hbond substituents is 3. The van der Waals surface area contributed by atoms with Crippen molar-refractivity contribution >= 4 is 11.4 Å². The van der Waals surface area contributed by atoms with Crippen LogP contribution in [0, 0.1) is 6.92 Å². The van der Waals surface area contributed by atoms with Crippen LogP contribution >= 0.6 is 0 Å². The SMILES string of the molecule is Cc1c(O)cc(Nc2cncc(-c3ccc(O)cc3)c2)cc1O. The first-order valence-electron chi connectivity index (χ1n) is 7.07. The minimum Gasteiger partial charge on any atom is -0.508 e. The summed E-state index contributed by atoms with van der Waals surface area (Å²) in [4.78, 5) is 4.19. The van der Waals surface area contributed by atoms with Gasteiger partial charge in [-0.2, -0.15) is 0 Å². The minimum absolute atomic E-state index is 0.0233. The van der Waals surface area contributed by atoms with Gasteiger partial charge in [-0.3, -0.25) is 4.98 Å². The van der Waals surface area contributed by atoms with Gasteiger partial charge in [-0.25, -0.2) is 0 Å². The van der Waals surface area contributed by atoms with E-state index in [1.807, 2.05) is 6.07 Å². The maximum absolute atomic E-state index is 9.78. The van der Waals surface area contributed by atoms with Crippen LogP contribution in [0.2, 0.25) is 0 Å². The van der Waals surface area contributed by atoms with Gasteiger partial charge in [0.1, 0.15) is 17.2 Å². The molecule has 4 N–H and O–H groups in total. The maximum Gasteiger partial charge on any atom is 0.124 e. The first-order chi connectivity index (χ1) is 11.0. The molecule has 0 spiro atoms. The molecule has 1 aromatic heterocycles. The second kappa shape index (κ2) is 5.88. The van der Waals surface area contributed by atoms with E-state index in [0.717, 1.165) is 16.8 Å². The van der Waals surface area contributed by atoms with E-state index in [9.17, 15) is 15.3 Å². The Morgan fingerprint density at radius 2 is 1.43 bits per heavy atom. The number of rotatable bonds is 3. The van der Waals surface area contributed by atoms with Crippen molar-refractivity contribution in [3.63, 3.8) is 0 Å². The Balaban J connectivity index is 1.90. The molecule has 0 atom stereocenters. The normalized spacial score (nSPS) is 10.5. The first-order valence-corrected chi connectivity index (χ1v) is 7.07. The molecule has 2 aromatic carbocycles. The van der Waals surface area contributed by atoms with Crippen molar-refractivity contribution in [2.24, 2.45) is 0 Å². The molecule has 0 aliphatic carbocycles. The van der Waals surface area contributed by atoms with E-state index < -0.39 is 0 Å². The fourth-order valence-electron chi connectivity index (χ4n) is 2.24. The summed E-state index contributed by atoms with van der Waals surface area (Å²) in [6.45, 7) is 1.64. The summed E-state index contributed by atoms with van der Waals surface area (Å²) in [6.07, 6.45) is 3.37. The molecule has 23 heavy (non-hydrogen) atoms. The van der Waals surface area contributed by atoms with E-state index in [4.69, 9.17) is 0 Å². The Hall–Kier alpha value is -3.21. The van der Waals surface area contributed by atoms with Crippen LogP contribution in [0.15, 0.2) is 54.9 Å². The lowest BCUT2D eigenvalue weighted by molar-refractivity contribution is 0.444. The van der Waals surface area contributed by atoms with Crippen LogP contribution in [0.5, 0.6) is 17.2 Å². The monoisotopic (exact) mass is 308 g/mol. The summed E-state index contributed by atoms with van der Waals surface area (Å²) in [5, 5.41) is 32.0. The molecule has 0 fully saturated rings. The second-order valence-corrected chi connectivity index (χ2v) is 5.27. The number of hydrogen-bond acceptors (Lipinski definition) is 5. The van der Waals surface area contributed by atoms with Crippen LogP contribution in [0.3, 0.4) is 0 Å². The molecule has 0 amide bonds. The van der Waals surface area contributed by atoms with Crippen LogP contribution in [-0.2, 0) is 0 Å². The lowest BCUT2D eigenvalue weighted by atomic mass is 10.1. The molecule has 3 aromatic rings. The maximum atomic E-state index is 9.78. The molecule has 1 heterocycles. The molecule has 5 nitrogen and oxygen atoms in total. The van der Waals surface area contributed by atoms with Crippen LogP contribution < -0.4 is 5.32 Å². The molecule has 3 rings (SSSR count). The van der Waals surface area contributed by atoms with Gasteiger partial charge in [0, 0.05) is 35.1 Å². The summed E-state index contributed by atoms with van der Waals surface area (Å²) in [5.41, 5.74) is 3.53. The van der Waals surface area contributed by atoms with E-state index in [-0.39, 0.29) is 17.2 Å². The number of nitrogens with zero attached hydrogens (tertiary/aromatic N) is 1. The van der Waals surface area contributed by atoms with Crippen molar-refractivity contribution in [1.29, 1.82) is 0 Å². The Morgan fingerprint density at radius 1 is 0.783 bits per heavy atom. The smallest absolute Gasteiger partial charge is 0.124 e. The molecule has 0 aliphatic rings. The standard InChI is InChI=1S/C18H16N2O3/c1-11-17(22)7-14(8-18(11)23)20-15-6-13(9-19-10-15)12-2-4-16(21)5-3-12/h2-10,20-23H,1H3. The quantitative estimate of drug-likeness (QED) is 0.589. The van der Waals surface area contributed by atoms with Gasteiger partial charge in [-0.15, -0.1) is 0 Å². The molecular formula is C18H16N2O3. The van der Waals surface area contributed by atoms with Gasteiger partial charge in [0.2, 0.25) is 0 Å². The molecule has 0 bridgehead atoms. The fourth-order valence-corrected chi connectivity index (χ4v) is 2.24. The van der Waals surface area contributed by atoms with Crippen molar-refractivity contribution in [2.45, 2.75) is 6.92 Å². The van der Waals surface area contributed by atoms with Gasteiger partial charge in [0.25, 0.3) is 0 Å². The van der Waals surface area contributed by atoms with Gasteiger partial charge in [0.15, 0.2) is 0 Å². The Labute approximate surface area is 133 Å². The van der Waals surface area contributed by atoms with E-state index in [2.05, 4.69) is 10.3 Å². The second-order valence-electron chi connectivity index (χ2n) is 5.27. The summed E-state index contributed by atoms with van der Waals surface area (Å²) < 4.78 is 0. The fraction of sp³-hybridized carbons (Fsp3) is 0.0556. The molecule has 0 aliphatic heterocycles. The number of anilines is 2. The van der Waals surface area contributed by atoms with Gasteiger partial charge < -0.3 is 20.6 Å². The summed E-state index contributed by atoms with van der Waals surface area (Å²) in [5.74, 6) is 0.256. The van der Waals surface area contributed by atoms with Gasteiger partial charge in [0.05, 0.1) is 11.9 Å². The number of pyridine rings is 1. The highest BCUT2D eigenvalue weighted by Crippen LogP contribution is 2.32. The minimum atomic E-state index is 0.0233. The number of benzene rings is 2. The highest BCUT2D eigenvalue weighted by molar-refractivity contribution is 5.71. The Kier molecular flexibility index (Phi) is 3.76. The van der Waals surface area contributed by atoms with Crippen molar-refractivity contribution in [3.05, 3.63) is 60.4 Å². The average Bonchev–Trinajstić information content (AvgIpc) is 2.53. The number of hydrogen-bond donors (Lipinski definition) is 4. The van der Waals surface area contributed by atoms with Gasteiger partial charge >= 0.3 is 0 Å². The molecule has 5 heteroatoms. The van der Waals surface area contributed by atoms with Crippen molar-refractivity contribution in [1.82, 2.24) is 4.98 Å². The topological polar surface area (TPSA) is 85.6 Å². The van der Waals surface area contributed by atoms with Crippen LogP contribution in [0.1, 0.15) is 5.56 Å². The predicted molar refractivity (Wildman–Crippen MR) is 89.1 cm³/mol. The van der Waals surface area contributed by atoms with Crippen molar-refractivity contribution < 1.29 is 15.3 Å². The van der Waals surface area contributed by atoms with Crippen LogP contribution in [0.4, 0.5) is 11.4 Å². The van der Waals surface area contributed by atoms with Crippen molar-refractivity contribution in [3.8, 4) is 28.4 Å². The highest BCUT2D eigenvalue weighted by atomic mass is 16.3. The summed E-state index contributed by atoms with van der Waals surface area (Å²) in [6, 6.07) is 11.8. The average molecular weight is 308 g/mol. The highest BCUT2D eigenvalue weighted by Gasteiger charge is 2.06. The molecule has 0 radical (unpaired) electrons. The van der Waals surface area contributed by atoms with Gasteiger partial charge in [-0.05, 0) is 30.7 Å². The molecule has 0 saturated heterocycles. The third-order valence-electron chi connectivity index (χ3n) is 3.58. The zero-order valence-corrected chi connectivity index (χ0v) is 12.5. The lowest BCUT2D eigenvalue weighted by Gasteiger charge is -2.10. The van der Waals surface area contributed by atoms with Crippen molar-refractivity contribution in [2.75, 3.05) is 5.32 Å². The number of aromatic nitrogens is 1. The zero-order valence-electron chi connectivity index (χ0n) is 12.5. The number of aromatic hydroxyl groups is 3. The Morgan fingerprint density at radius 3 is 2.09 bits per heavy atom. The molecule has 116 valence electrons. The largest absolute Gasteiger partial charge is 0.508 e. The Bertz CT molecular complexity index is 822. The predicted octanol–water partition coefficient (Wildman–Crippen LogP) is 3.92. The first kappa shape index (κ1) is 14.7. The van der Waals surface area contributed by atoms with E-state index in [0.29, 0.717) is 11.3 Å². The number of phenols is 3. The van der Waals surface area contributed by atoms with E-state index in [1.54, 1.807) is 55.7 Å². The third kappa shape index (κ3) is 3.18. The van der Waals surface area contributed by atoms with Crippen LogP contribution in [-0.4, -0.2) is 20.3 Å². The van der Waals surface area contributed by atoms with Crippen LogP contribution in [0.25, 0.3) is 11.1 Å². The summed E-state index contributed by atoms with van der Waals surface area (Å²) >= 11 is 0.